The van der Waals surface area contributed by atoms with Crippen LogP contribution in [-0.4, -0.2) is 44.4 Å². The Labute approximate surface area is 151 Å². The van der Waals surface area contributed by atoms with E-state index >= 15 is 0 Å². The topological polar surface area (TPSA) is 117 Å². The molecule has 0 radical (unpaired) electrons. The third-order valence-corrected chi connectivity index (χ3v) is 6.66. The van der Waals surface area contributed by atoms with Crippen molar-refractivity contribution in [3.05, 3.63) is 24.0 Å². The fraction of sp³-hybridized carbons (Fsp3) is 0.579. The number of hydrogen-bond acceptors (Lipinski definition) is 5. The molecular weight excluding hydrogens is 330 g/mol. The van der Waals surface area contributed by atoms with Crippen LogP contribution < -0.4 is 10.6 Å². The summed E-state index contributed by atoms with van der Waals surface area (Å²) in [4.78, 5) is 7.54. The van der Waals surface area contributed by atoms with Gasteiger partial charge in [-0.3, -0.25) is 5.41 Å². The average Bonchev–Trinajstić information content (AvgIpc) is 3.05. The van der Waals surface area contributed by atoms with Gasteiger partial charge in [-0.25, -0.2) is 4.98 Å². The van der Waals surface area contributed by atoms with E-state index in [-0.39, 0.29) is 12.6 Å². The number of nitrogens with one attached hydrogen (secondary N) is 4. The Morgan fingerprint density at radius 3 is 2.77 bits per heavy atom. The minimum Gasteiger partial charge on any atom is -0.390 e. The zero-order valence-electron chi connectivity index (χ0n) is 14.6. The summed E-state index contributed by atoms with van der Waals surface area (Å²) in [5.41, 5.74) is 1.89. The maximum Gasteiger partial charge on any atom is 0.139 e. The molecule has 5 atom stereocenters. The number of aromatic amines is 1. The second-order valence-corrected chi connectivity index (χ2v) is 8.36. The molecule has 0 saturated heterocycles. The molecule has 4 fully saturated rings. The summed E-state index contributed by atoms with van der Waals surface area (Å²) in [6.07, 6.45) is 8.62. The molecule has 6 N–H and O–H groups in total. The molecule has 0 aromatic carbocycles. The molecule has 7 heteroatoms. The number of H-pyrrole nitrogens is 1. The Hall–Kier alpha value is -2.12. The first-order valence-electron chi connectivity index (χ1n) is 9.45. The van der Waals surface area contributed by atoms with Crippen LogP contribution in [0.25, 0.3) is 11.0 Å². The number of rotatable bonds is 4. The molecule has 2 aromatic heterocycles. The second kappa shape index (κ2) is 5.69. The van der Waals surface area contributed by atoms with Crippen LogP contribution in [0.3, 0.4) is 0 Å². The predicted octanol–water partition coefficient (Wildman–Crippen LogP) is 1.78. The number of aromatic nitrogens is 2. The lowest BCUT2D eigenvalue weighted by Gasteiger charge is -2.58. The first-order chi connectivity index (χ1) is 12.6. The van der Waals surface area contributed by atoms with E-state index < -0.39 is 5.60 Å². The van der Waals surface area contributed by atoms with E-state index in [9.17, 15) is 5.11 Å². The van der Waals surface area contributed by atoms with Crippen molar-refractivity contribution in [2.45, 2.75) is 43.7 Å². The van der Waals surface area contributed by atoms with Crippen molar-refractivity contribution in [2.75, 3.05) is 12.0 Å². The zero-order chi connectivity index (χ0) is 17.9. The van der Waals surface area contributed by atoms with Gasteiger partial charge in [0.15, 0.2) is 0 Å². The van der Waals surface area contributed by atoms with Crippen LogP contribution in [0, 0.1) is 23.2 Å². The van der Waals surface area contributed by atoms with Crippen LogP contribution in [0.15, 0.2) is 18.5 Å². The molecule has 7 nitrogen and oxygen atoms in total. The van der Waals surface area contributed by atoms with Crippen molar-refractivity contribution in [1.29, 1.82) is 5.41 Å². The molecule has 4 aliphatic rings. The van der Waals surface area contributed by atoms with Gasteiger partial charge in [-0.05, 0) is 55.9 Å². The van der Waals surface area contributed by atoms with Gasteiger partial charge in [0, 0.05) is 23.8 Å². The second-order valence-electron chi connectivity index (χ2n) is 8.36. The highest BCUT2D eigenvalue weighted by Crippen LogP contribution is 2.56. The summed E-state index contributed by atoms with van der Waals surface area (Å²) in [7, 11) is 0. The van der Waals surface area contributed by atoms with Crippen LogP contribution in [0.4, 0.5) is 5.69 Å². The Kier molecular flexibility index (Phi) is 3.52. The van der Waals surface area contributed by atoms with Gasteiger partial charge in [-0.2, -0.15) is 0 Å². The lowest BCUT2D eigenvalue weighted by Crippen LogP contribution is -2.59. The maximum absolute atomic E-state index is 10.8. The van der Waals surface area contributed by atoms with E-state index in [1.165, 1.54) is 12.8 Å². The van der Waals surface area contributed by atoms with E-state index in [0.29, 0.717) is 29.4 Å². The first-order valence-corrected chi connectivity index (χ1v) is 9.45. The van der Waals surface area contributed by atoms with Crippen LogP contribution in [0.1, 0.15) is 37.7 Å². The average molecular weight is 355 g/mol. The number of aliphatic hydroxyl groups excluding tert-OH is 1. The van der Waals surface area contributed by atoms with E-state index in [0.717, 1.165) is 36.0 Å². The fourth-order valence-corrected chi connectivity index (χ4v) is 5.91. The SMILES string of the molecule is N=C(NCO)c1cnc2[nH]ccc2c1N[C@H]1[C@@H]2CC3C[C@H]1C[C@@](O)(C3)C2. The number of anilines is 1. The van der Waals surface area contributed by atoms with E-state index in [1.807, 2.05) is 12.3 Å². The van der Waals surface area contributed by atoms with Crippen molar-refractivity contribution in [1.82, 2.24) is 15.3 Å². The normalized spacial score (nSPS) is 35.0. The summed E-state index contributed by atoms with van der Waals surface area (Å²) in [5.74, 6) is 1.77. The summed E-state index contributed by atoms with van der Waals surface area (Å²) in [5, 5.41) is 35.6. The lowest BCUT2D eigenvalue weighted by molar-refractivity contribution is -0.129. The van der Waals surface area contributed by atoms with E-state index in [2.05, 4.69) is 20.6 Å². The Morgan fingerprint density at radius 1 is 1.31 bits per heavy atom. The lowest BCUT2D eigenvalue weighted by atomic mass is 9.52. The van der Waals surface area contributed by atoms with Gasteiger partial charge in [0.05, 0.1) is 16.9 Å². The van der Waals surface area contributed by atoms with E-state index in [4.69, 9.17) is 10.5 Å². The highest BCUT2D eigenvalue weighted by Gasteiger charge is 2.54. The maximum atomic E-state index is 10.8. The van der Waals surface area contributed by atoms with Crippen LogP contribution in [0.2, 0.25) is 0 Å². The number of aliphatic hydroxyl groups is 2. The predicted molar refractivity (Wildman–Crippen MR) is 99.1 cm³/mol. The molecule has 1 unspecified atom stereocenters. The minimum atomic E-state index is -0.454. The standard InChI is InChI=1S/C19H25N5O2/c20-17(23-9-25)14-8-22-18-13(1-2-21-18)16(14)24-15-11-3-10-4-12(15)7-19(26,5-10)6-11/h1-2,8,10-12,15,25-26H,3-7,9H2,(H2,20,23)(H2,21,22,24)/t10?,11-,12+,15+,19-. The number of amidine groups is 1. The van der Waals surface area contributed by atoms with Gasteiger partial charge in [0.25, 0.3) is 0 Å². The first kappa shape index (κ1) is 16.1. The molecule has 0 amide bonds. The Bertz CT molecular complexity index is 847. The smallest absolute Gasteiger partial charge is 0.139 e. The third kappa shape index (κ3) is 2.41. The van der Waals surface area contributed by atoms with Gasteiger partial charge in [-0.1, -0.05) is 0 Å². The van der Waals surface area contributed by atoms with Crippen molar-refractivity contribution >= 4 is 22.6 Å². The van der Waals surface area contributed by atoms with Gasteiger partial charge < -0.3 is 25.8 Å². The Morgan fingerprint density at radius 2 is 2.08 bits per heavy atom. The molecule has 0 aliphatic heterocycles. The molecular formula is C19H25N5O2. The highest BCUT2D eigenvalue weighted by atomic mass is 16.3. The zero-order valence-corrected chi connectivity index (χ0v) is 14.6. The molecule has 26 heavy (non-hydrogen) atoms. The molecule has 6 rings (SSSR count). The number of pyridine rings is 1. The number of nitrogens with zero attached hydrogens (tertiary/aromatic N) is 1. The Balaban J connectivity index is 1.52. The van der Waals surface area contributed by atoms with Crippen molar-refractivity contribution in [3.63, 3.8) is 0 Å². The monoisotopic (exact) mass is 355 g/mol. The van der Waals surface area contributed by atoms with Gasteiger partial charge >= 0.3 is 0 Å². The number of hydrogen-bond donors (Lipinski definition) is 6. The quantitative estimate of drug-likeness (QED) is 0.284. The molecule has 4 aliphatic carbocycles. The molecule has 2 heterocycles. The van der Waals surface area contributed by atoms with Crippen LogP contribution >= 0.6 is 0 Å². The van der Waals surface area contributed by atoms with E-state index in [1.54, 1.807) is 6.20 Å². The van der Waals surface area contributed by atoms with Gasteiger partial charge in [0.2, 0.25) is 0 Å². The molecule has 4 saturated carbocycles. The highest BCUT2D eigenvalue weighted by molar-refractivity contribution is 6.07. The summed E-state index contributed by atoms with van der Waals surface area (Å²) in [6, 6.07) is 2.29. The molecule has 0 spiro atoms. The molecule has 2 aromatic rings. The molecule has 138 valence electrons. The largest absolute Gasteiger partial charge is 0.390 e. The third-order valence-electron chi connectivity index (χ3n) is 6.66. The van der Waals surface area contributed by atoms with Crippen LogP contribution in [0.5, 0.6) is 0 Å². The molecule has 4 bridgehead atoms. The summed E-state index contributed by atoms with van der Waals surface area (Å²) >= 11 is 0. The summed E-state index contributed by atoms with van der Waals surface area (Å²) in [6.45, 7) is -0.285. The summed E-state index contributed by atoms with van der Waals surface area (Å²) < 4.78 is 0. The van der Waals surface area contributed by atoms with Crippen molar-refractivity contribution in [2.24, 2.45) is 17.8 Å². The van der Waals surface area contributed by atoms with Crippen molar-refractivity contribution < 1.29 is 10.2 Å². The minimum absolute atomic E-state index is 0.160. The van der Waals surface area contributed by atoms with Gasteiger partial charge in [0.1, 0.15) is 18.2 Å². The van der Waals surface area contributed by atoms with Crippen molar-refractivity contribution in [3.8, 4) is 0 Å². The van der Waals surface area contributed by atoms with Gasteiger partial charge in [-0.15, -0.1) is 0 Å². The van der Waals surface area contributed by atoms with Crippen LogP contribution in [-0.2, 0) is 0 Å². The number of fused-ring (bicyclic) bond motifs is 1. The fourth-order valence-electron chi connectivity index (χ4n) is 5.91.